The van der Waals surface area contributed by atoms with Crippen molar-refractivity contribution in [1.82, 2.24) is 0 Å². The number of hydrogen-bond acceptors (Lipinski definition) is 4. The number of hydrogen-bond donors (Lipinski definition) is 1. The summed E-state index contributed by atoms with van der Waals surface area (Å²) in [7, 11) is 0. The predicted octanol–water partition coefficient (Wildman–Crippen LogP) is 3.61. The second-order valence-electron chi connectivity index (χ2n) is 5.44. The van der Waals surface area contributed by atoms with E-state index in [0.717, 1.165) is 12.1 Å². The van der Waals surface area contributed by atoms with Crippen LogP contribution in [0.2, 0.25) is 0 Å². The third kappa shape index (κ3) is 4.93. The third-order valence-electron chi connectivity index (χ3n) is 3.09. The largest absolute Gasteiger partial charge is 0.462 e. The molecule has 0 bridgehead atoms. The summed E-state index contributed by atoms with van der Waals surface area (Å²) in [6.07, 6.45) is 1.35. The quantitative estimate of drug-likeness (QED) is 0.772. The van der Waals surface area contributed by atoms with E-state index >= 15 is 0 Å². The summed E-state index contributed by atoms with van der Waals surface area (Å²) in [5.41, 5.74) is 1.32. The Balaban J connectivity index is 2.73. The number of rotatable bonds is 7. The number of ether oxygens (including phenoxy) is 1. The van der Waals surface area contributed by atoms with E-state index < -0.39 is 0 Å². The Kier molecular flexibility index (Phi) is 6.05. The molecule has 1 rings (SSSR count). The van der Waals surface area contributed by atoms with E-state index in [9.17, 15) is 4.79 Å². The highest BCUT2D eigenvalue weighted by Crippen LogP contribution is 2.24. The zero-order chi connectivity index (χ0) is 15.0. The molecule has 0 aliphatic carbocycles. The summed E-state index contributed by atoms with van der Waals surface area (Å²) in [5.74, 6) is -0.314. The van der Waals surface area contributed by atoms with E-state index in [0.29, 0.717) is 25.1 Å². The standard InChI is InChI=1S/C16H22N2O2/c1-4-20-15(19)13-8-5-6-9-14(13)18-12-16(2,3)10-7-11-17/h5-6,8-9,18H,4,7,10,12H2,1-3H3. The van der Waals surface area contributed by atoms with Gasteiger partial charge >= 0.3 is 5.97 Å². The molecule has 108 valence electrons. The molecule has 0 aromatic heterocycles. The fourth-order valence-corrected chi connectivity index (χ4v) is 1.84. The van der Waals surface area contributed by atoms with Crippen molar-refractivity contribution in [2.24, 2.45) is 5.41 Å². The number of nitrogens with one attached hydrogen (secondary N) is 1. The second-order valence-corrected chi connectivity index (χ2v) is 5.44. The molecule has 4 heteroatoms. The number of carbonyl (C=O) groups is 1. The van der Waals surface area contributed by atoms with Crippen LogP contribution in [-0.4, -0.2) is 19.1 Å². The van der Waals surface area contributed by atoms with Crippen LogP contribution < -0.4 is 5.32 Å². The Morgan fingerprint density at radius 1 is 1.40 bits per heavy atom. The Hall–Kier alpha value is -2.02. The molecule has 4 nitrogen and oxygen atoms in total. The van der Waals surface area contributed by atoms with Gasteiger partial charge in [0, 0.05) is 18.7 Å². The predicted molar refractivity (Wildman–Crippen MR) is 79.5 cm³/mol. The van der Waals surface area contributed by atoms with Crippen LogP contribution in [0.3, 0.4) is 0 Å². The van der Waals surface area contributed by atoms with Crippen LogP contribution in [0.4, 0.5) is 5.69 Å². The van der Waals surface area contributed by atoms with Crippen LogP contribution in [0.1, 0.15) is 44.0 Å². The zero-order valence-corrected chi connectivity index (χ0v) is 12.4. The molecule has 0 spiro atoms. The van der Waals surface area contributed by atoms with Gasteiger partial charge in [0.2, 0.25) is 0 Å². The molecule has 20 heavy (non-hydrogen) atoms. The lowest BCUT2D eigenvalue weighted by atomic mass is 9.88. The van der Waals surface area contributed by atoms with Gasteiger partial charge in [-0.25, -0.2) is 4.79 Å². The molecule has 0 heterocycles. The fourth-order valence-electron chi connectivity index (χ4n) is 1.84. The summed E-state index contributed by atoms with van der Waals surface area (Å²) < 4.78 is 5.04. The zero-order valence-electron chi connectivity index (χ0n) is 12.4. The second kappa shape index (κ2) is 7.54. The average molecular weight is 274 g/mol. The van der Waals surface area contributed by atoms with Crippen LogP contribution in [0, 0.1) is 16.7 Å². The van der Waals surface area contributed by atoms with Crippen molar-refractivity contribution >= 4 is 11.7 Å². The van der Waals surface area contributed by atoms with Crippen molar-refractivity contribution in [1.29, 1.82) is 5.26 Å². The van der Waals surface area contributed by atoms with Crippen molar-refractivity contribution in [3.05, 3.63) is 29.8 Å². The molecule has 1 aromatic carbocycles. The van der Waals surface area contributed by atoms with E-state index in [4.69, 9.17) is 10.00 Å². The van der Waals surface area contributed by atoms with Crippen LogP contribution >= 0.6 is 0 Å². The minimum absolute atomic E-state index is 0.00248. The van der Waals surface area contributed by atoms with Gasteiger partial charge in [-0.1, -0.05) is 26.0 Å². The first kappa shape index (κ1) is 16.0. The molecule has 0 unspecified atom stereocenters. The van der Waals surface area contributed by atoms with Gasteiger partial charge in [-0.3, -0.25) is 0 Å². The number of nitrogens with zero attached hydrogens (tertiary/aromatic N) is 1. The summed E-state index contributed by atoms with van der Waals surface area (Å²) in [5, 5.41) is 12.0. The van der Waals surface area contributed by atoms with E-state index in [2.05, 4.69) is 25.2 Å². The molecule has 0 amide bonds. The highest BCUT2D eigenvalue weighted by molar-refractivity contribution is 5.95. The Morgan fingerprint density at radius 3 is 2.75 bits per heavy atom. The van der Waals surface area contributed by atoms with Gasteiger partial charge in [0.15, 0.2) is 0 Å². The van der Waals surface area contributed by atoms with E-state index in [-0.39, 0.29) is 11.4 Å². The lowest BCUT2D eigenvalue weighted by Crippen LogP contribution is -2.24. The number of nitriles is 1. The number of benzene rings is 1. The molecule has 0 radical (unpaired) electrons. The maximum absolute atomic E-state index is 11.9. The smallest absolute Gasteiger partial charge is 0.340 e. The number of esters is 1. The Bertz CT molecular complexity index is 489. The van der Waals surface area contributed by atoms with Crippen LogP contribution in [0.5, 0.6) is 0 Å². The van der Waals surface area contributed by atoms with Crippen molar-refractivity contribution in [2.75, 3.05) is 18.5 Å². The van der Waals surface area contributed by atoms with Crippen LogP contribution in [0.25, 0.3) is 0 Å². The lowest BCUT2D eigenvalue weighted by Gasteiger charge is -2.25. The van der Waals surface area contributed by atoms with E-state index in [1.807, 2.05) is 18.2 Å². The number of para-hydroxylation sites is 1. The van der Waals surface area contributed by atoms with Crippen molar-refractivity contribution in [3.63, 3.8) is 0 Å². The Labute approximate surface area is 120 Å². The van der Waals surface area contributed by atoms with Gasteiger partial charge < -0.3 is 10.1 Å². The van der Waals surface area contributed by atoms with Gasteiger partial charge in [0.1, 0.15) is 0 Å². The molecule has 0 atom stereocenters. The normalized spacial score (nSPS) is 10.7. The van der Waals surface area contributed by atoms with Crippen LogP contribution in [-0.2, 0) is 4.74 Å². The molecular formula is C16H22N2O2. The van der Waals surface area contributed by atoms with Gasteiger partial charge in [0.05, 0.1) is 18.2 Å². The van der Waals surface area contributed by atoms with Gasteiger partial charge in [-0.15, -0.1) is 0 Å². The molecular weight excluding hydrogens is 252 g/mol. The number of anilines is 1. The van der Waals surface area contributed by atoms with Gasteiger partial charge in [-0.05, 0) is 30.9 Å². The molecule has 0 aliphatic rings. The average Bonchev–Trinajstić information content (AvgIpc) is 2.44. The fraction of sp³-hybridized carbons (Fsp3) is 0.500. The first-order valence-corrected chi connectivity index (χ1v) is 6.87. The first-order chi connectivity index (χ1) is 9.50. The molecule has 0 saturated carbocycles. The highest BCUT2D eigenvalue weighted by atomic mass is 16.5. The van der Waals surface area contributed by atoms with Crippen molar-refractivity contribution in [2.45, 2.75) is 33.6 Å². The summed E-state index contributed by atoms with van der Waals surface area (Å²) >= 11 is 0. The number of carbonyl (C=O) groups excluding carboxylic acids is 1. The minimum Gasteiger partial charge on any atom is -0.462 e. The lowest BCUT2D eigenvalue weighted by molar-refractivity contribution is 0.0527. The van der Waals surface area contributed by atoms with Crippen molar-refractivity contribution in [3.8, 4) is 6.07 Å². The summed E-state index contributed by atoms with van der Waals surface area (Å²) in [6, 6.07) is 9.49. The molecule has 0 saturated heterocycles. The van der Waals surface area contributed by atoms with Crippen molar-refractivity contribution < 1.29 is 9.53 Å². The van der Waals surface area contributed by atoms with Gasteiger partial charge in [0.25, 0.3) is 0 Å². The molecule has 1 N–H and O–H groups in total. The molecule has 0 fully saturated rings. The highest BCUT2D eigenvalue weighted by Gasteiger charge is 2.19. The topological polar surface area (TPSA) is 62.1 Å². The first-order valence-electron chi connectivity index (χ1n) is 6.87. The maximum Gasteiger partial charge on any atom is 0.340 e. The maximum atomic E-state index is 11.9. The van der Waals surface area contributed by atoms with E-state index in [1.165, 1.54) is 0 Å². The summed E-state index contributed by atoms with van der Waals surface area (Å²) in [4.78, 5) is 11.9. The van der Waals surface area contributed by atoms with Gasteiger partial charge in [-0.2, -0.15) is 5.26 Å². The Morgan fingerprint density at radius 2 is 2.10 bits per heavy atom. The van der Waals surface area contributed by atoms with Crippen LogP contribution in [0.15, 0.2) is 24.3 Å². The summed E-state index contributed by atoms with van der Waals surface area (Å²) in [6.45, 7) is 7.06. The SMILES string of the molecule is CCOC(=O)c1ccccc1NCC(C)(C)CCC#N. The molecule has 0 aliphatic heterocycles. The van der Waals surface area contributed by atoms with E-state index in [1.54, 1.807) is 13.0 Å². The monoisotopic (exact) mass is 274 g/mol. The molecule has 1 aromatic rings. The third-order valence-corrected chi connectivity index (χ3v) is 3.09. The minimum atomic E-state index is -0.314.